The smallest absolute Gasteiger partial charge is 0.309 e. The number of cyclic esters (lactones) is 1. The molecule has 5 rings (SSSR count). The van der Waals surface area contributed by atoms with Gasteiger partial charge in [0.2, 0.25) is 5.91 Å². The van der Waals surface area contributed by atoms with E-state index in [1.807, 2.05) is 6.07 Å². The number of carbonyl (C=O) groups excluding carboxylic acids is 2. The SMILES string of the molecule is CC(=O)N[C@@H]1CC[C@@H]2[C@H](C1)C[C@@H]1C(=O)O[C@H](C)[C@@]1(C)[C@@H]2/C=C/C1=CC=C(c2cccc(F)c2)C(C)C1. The number of allylic oxidation sites excluding steroid dienone is 6. The van der Waals surface area contributed by atoms with Gasteiger partial charge in [0.25, 0.3) is 0 Å². The van der Waals surface area contributed by atoms with Crippen LogP contribution in [0.25, 0.3) is 5.57 Å². The van der Waals surface area contributed by atoms with Crippen molar-refractivity contribution in [2.24, 2.45) is 35.0 Å². The molecule has 1 heterocycles. The summed E-state index contributed by atoms with van der Waals surface area (Å²) in [6, 6.07) is 7.02. The predicted molar refractivity (Wildman–Crippen MR) is 139 cm³/mol. The first-order valence-electron chi connectivity index (χ1n) is 13.5. The number of fused-ring (bicyclic) bond motifs is 2. The van der Waals surface area contributed by atoms with Gasteiger partial charge >= 0.3 is 5.97 Å². The number of hydrogen-bond donors (Lipinski definition) is 1. The summed E-state index contributed by atoms with van der Waals surface area (Å²) < 4.78 is 19.6. The quantitative estimate of drug-likeness (QED) is 0.507. The van der Waals surface area contributed by atoms with Crippen LogP contribution in [0.2, 0.25) is 0 Å². The molecule has 5 heteroatoms. The van der Waals surface area contributed by atoms with Gasteiger partial charge in [0, 0.05) is 18.4 Å². The van der Waals surface area contributed by atoms with Crippen LogP contribution in [0, 0.1) is 40.8 Å². The van der Waals surface area contributed by atoms with Crippen molar-refractivity contribution in [2.75, 3.05) is 0 Å². The Morgan fingerprint density at radius 3 is 2.72 bits per heavy atom. The van der Waals surface area contributed by atoms with E-state index in [0.29, 0.717) is 17.8 Å². The molecule has 1 unspecified atom stereocenters. The van der Waals surface area contributed by atoms with Crippen LogP contribution in [-0.2, 0) is 14.3 Å². The molecule has 3 aliphatic carbocycles. The van der Waals surface area contributed by atoms with Gasteiger partial charge in [-0.05, 0) is 91.5 Å². The average molecular weight is 492 g/mol. The number of amides is 1. The molecule has 36 heavy (non-hydrogen) atoms. The lowest BCUT2D eigenvalue weighted by atomic mass is 9.50. The number of esters is 1. The Morgan fingerprint density at radius 2 is 2.00 bits per heavy atom. The van der Waals surface area contributed by atoms with E-state index in [4.69, 9.17) is 4.74 Å². The molecule has 1 aliphatic heterocycles. The Morgan fingerprint density at radius 1 is 1.19 bits per heavy atom. The third-order valence-electron chi connectivity index (χ3n) is 9.60. The maximum atomic E-state index is 13.8. The molecule has 0 spiro atoms. The lowest BCUT2D eigenvalue weighted by molar-refractivity contribution is -0.144. The van der Waals surface area contributed by atoms with Gasteiger partial charge in [0.15, 0.2) is 0 Å². The number of halogens is 1. The normalized spacial score (nSPS) is 38.0. The lowest BCUT2D eigenvalue weighted by Crippen LogP contribution is -2.53. The Balaban J connectivity index is 1.42. The molecule has 1 saturated heterocycles. The summed E-state index contributed by atoms with van der Waals surface area (Å²) in [4.78, 5) is 24.6. The number of rotatable bonds is 4. The highest BCUT2D eigenvalue weighted by molar-refractivity contribution is 5.77. The van der Waals surface area contributed by atoms with Crippen molar-refractivity contribution in [3.8, 4) is 0 Å². The predicted octanol–water partition coefficient (Wildman–Crippen LogP) is 6.24. The molecule has 4 aliphatic rings. The standard InChI is InChI=1S/C31H38FNO3/c1-18-14-21(8-11-26(18)22-6-5-7-24(32)15-22)9-13-28-27-12-10-25(33-20(3)34)16-23(27)17-29-30(35)36-19(2)31(28,29)4/h5-9,11,13,15,18-19,23,25,27-29H,10,12,14,16-17H2,1-4H3,(H,33,34)/b13-9+/t18?,19-,23-,25-,27-,28-,29-,31+/m1/s1. The zero-order valence-corrected chi connectivity index (χ0v) is 21.8. The molecule has 0 aromatic heterocycles. The topological polar surface area (TPSA) is 55.4 Å². The van der Waals surface area contributed by atoms with Crippen LogP contribution in [0.1, 0.15) is 65.4 Å². The molecular weight excluding hydrogens is 453 g/mol. The number of hydrogen-bond acceptors (Lipinski definition) is 3. The fourth-order valence-electron chi connectivity index (χ4n) is 7.63. The van der Waals surface area contributed by atoms with Gasteiger partial charge in [-0.25, -0.2) is 4.39 Å². The van der Waals surface area contributed by atoms with E-state index in [1.54, 1.807) is 19.1 Å². The fraction of sp³-hybridized carbons (Fsp3) is 0.548. The molecule has 1 aromatic carbocycles. The molecule has 0 bridgehead atoms. The van der Waals surface area contributed by atoms with Gasteiger partial charge in [-0.2, -0.15) is 0 Å². The Bertz CT molecular complexity index is 1140. The monoisotopic (exact) mass is 491 g/mol. The van der Waals surface area contributed by atoms with Crippen LogP contribution in [0.4, 0.5) is 4.39 Å². The van der Waals surface area contributed by atoms with E-state index >= 15 is 0 Å². The van der Waals surface area contributed by atoms with Crippen molar-refractivity contribution in [1.29, 1.82) is 0 Å². The molecule has 192 valence electrons. The first-order valence-corrected chi connectivity index (χ1v) is 13.5. The van der Waals surface area contributed by atoms with Crippen LogP contribution in [0.5, 0.6) is 0 Å². The van der Waals surface area contributed by atoms with E-state index < -0.39 is 0 Å². The molecule has 0 radical (unpaired) electrons. The first kappa shape index (κ1) is 25.0. The summed E-state index contributed by atoms with van der Waals surface area (Å²) in [5, 5.41) is 3.12. The number of ether oxygens (including phenoxy) is 1. The maximum absolute atomic E-state index is 13.8. The van der Waals surface area contributed by atoms with Gasteiger partial charge in [0.1, 0.15) is 11.9 Å². The van der Waals surface area contributed by atoms with Crippen LogP contribution in [-0.4, -0.2) is 24.0 Å². The summed E-state index contributed by atoms with van der Waals surface area (Å²) in [7, 11) is 0. The zero-order chi connectivity index (χ0) is 25.6. The fourth-order valence-corrected chi connectivity index (χ4v) is 7.63. The molecule has 4 nitrogen and oxygen atoms in total. The first-order chi connectivity index (χ1) is 17.2. The zero-order valence-electron chi connectivity index (χ0n) is 21.8. The maximum Gasteiger partial charge on any atom is 0.309 e. The Kier molecular flexibility index (Phi) is 6.69. The van der Waals surface area contributed by atoms with Gasteiger partial charge in [0.05, 0.1) is 5.92 Å². The molecule has 2 saturated carbocycles. The van der Waals surface area contributed by atoms with E-state index in [2.05, 4.69) is 50.4 Å². The van der Waals surface area contributed by atoms with E-state index in [0.717, 1.165) is 43.2 Å². The Hall–Kier alpha value is -2.69. The highest BCUT2D eigenvalue weighted by atomic mass is 19.1. The molecule has 1 aromatic rings. The summed E-state index contributed by atoms with van der Waals surface area (Å²) in [5.41, 5.74) is 3.14. The molecule has 1 N–H and O–H groups in total. The second kappa shape index (κ2) is 9.64. The van der Waals surface area contributed by atoms with E-state index in [-0.39, 0.29) is 47.1 Å². The minimum absolute atomic E-state index is 0.0217. The van der Waals surface area contributed by atoms with Crippen molar-refractivity contribution >= 4 is 17.4 Å². The van der Waals surface area contributed by atoms with E-state index in [9.17, 15) is 14.0 Å². The summed E-state index contributed by atoms with van der Waals surface area (Å²) in [6.07, 6.45) is 13.5. The highest BCUT2D eigenvalue weighted by Gasteiger charge is 2.62. The largest absolute Gasteiger partial charge is 0.462 e. The van der Waals surface area contributed by atoms with Crippen LogP contribution in [0.3, 0.4) is 0 Å². The van der Waals surface area contributed by atoms with Crippen LogP contribution < -0.4 is 5.32 Å². The average Bonchev–Trinajstić information content (AvgIpc) is 3.04. The van der Waals surface area contributed by atoms with Crippen molar-refractivity contribution < 1.29 is 18.7 Å². The van der Waals surface area contributed by atoms with Crippen LogP contribution in [0.15, 0.2) is 54.1 Å². The molecule has 8 atom stereocenters. The minimum Gasteiger partial charge on any atom is -0.462 e. The minimum atomic E-state index is -0.223. The Labute approximate surface area is 214 Å². The summed E-state index contributed by atoms with van der Waals surface area (Å²) in [6.45, 7) is 8.08. The van der Waals surface area contributed by atoms with Crippen LogP contribution >= 0.6 is 0 Å². The summed E-state index contributed by atoms with van der Waals surface area (Å²) in [5.74, 6) is 1.07. The van der Waals surface area contributed by atoms with Gasteiger partial charge in [-0.3, -0.25) is 9.59 Å². The second-order valence-corrected chi connectivity index (χ2v) is 11.7. The molecule has 1 amide bonds. The summed E-state index contributed by atoms with van der Waals surface area (Å²) >= 11 is 0. The lowest BCUT2D eigenvalue weighted by Gasteiger charge is -2.52. The molecular formula is C31H38FNO3. The highest BCUT2D eigenvalue weighted by Crippen LogP contribution is 2.60. The number of carbonyl (C=O) groups is 2. The van der Waals surface area contributed by atoms with Gasteiger partial charge in [-0.15, -0.1) is 0 Å². The third kappa shape index (κ3) is 4.46. The van der Waals surface area contributed by atoms with Crippen molar-refractivity contribution in [1.82, 2.24) is 5.32 Å². The van der Waals surface area contributed by atoms with Crippen molar-refractivity contribution in [3.63, 3.8) is 0 Å². The van der Waals surface area contributed by atoms with Gasteiger partial charge in [-0.1, -0.05) is 50.3 Å². The van der Waals surface area contributed by atoms with E-state index in [1.165, 1.54) is 11.6 Å². The number of benzene rings is 1. The molecule has 3 fully saturated rings. The number of nitrogens with one attached hydrogen (secondary N) is 1. The third-order valence-corrected chi connectivity index (χ3v) is 9.60. The van der Waals surface area contributed by atoms with Crippen molar-refractivity contribution in [3.05, 3.63) is 65.5 Å². The van der Waals surface area contributed by atoms with Crippen molar-refractivity contribution in [2.45, 2.75) is 71.9 Å². The van der Waals surface area contributed by atoms with Gasteiger partial charge < -0.3 is 10.1 Å². The second-order valence-electron chi connectivity index (χ2n) is 11.7.